The van der Waals surface area contributed by atoms with Gasteiger partial charge in [0.05, 0.1) is 30.5 Å². The standard InChI is InChI=1S/C19H28O7/c1-19(26,11-9-16(22)13-17(23)14-18(24)25)10-8-15(21)7-5-3-2-4-6-12-20/h2-7,9,11,14-16,20-23,26H,8,10,12-13H2,1H3,(H,24,25). The monoisotopic (exact) mass is 368 g/mol. The van der Waals surface area contributed by atoms with E-state index in [4.69, 9.17) is 10.2 Å². The number of rotatable bonds is 12. The fourth-order valence-corrected chi connectivity index (χ4v) is 1.88. The molecule has 6 N–H and O–H groups in total. The van der Waals surface area contributed by atoms with Crippen molar-refractivity contribution < 1.29 is 35.4 Å². The molecule has 0 bridgehead atoms. The summed E-state index contributed by atoms with van der Waals surface area (Å²) in [6, 6.07) is 0. The average molecular weight is 368 g/mol. The molecule has 0 aliphatic heterocycles. The molecule has 0 saturated heterocycles. The molecule has 0 aromatic carbocycles. The number of allylic oxidation sites excluding steroid dienone is 4. The van der Waals surface area contributed by atoms with Crippen molar-refractivity contribution in [2.45, 2.75) is 44.0 Å². The number of carbonyl (C=O) groups is 1. The van der Waals surface area contributed by atoms with Crippen LogP contribution in [0.5, 0.6) is 0 Å². The highest BCUT2D eigenvalue weighted by Crippen LogP contribution is 2.17. The normalized spacial score (nSPS) is 18.1. The number of aliphatic hydroxyl groups excluding tert-OH is 4. The topological polar surface area (TPSA) is 138 Å². The predicted molar refractivity (Wildman–Crippen MR) is 98.5 cm³/mol. The lowest BCUT2D eigenvalue weighted by Crippen LogP contribution is -2.23. The summed E-state index contributed by atoms with van der Waals surface area (Å²) >= 11 is 0. The number of aliphatic hydroxyl groups is 5. The van der Waals surface area contributed by atoms with Crippen molar-refractivity contribution in [3.63, 3.8) is 0 Å². The molecule has 3 atom stereocenters. The number of carboxylic acids is 1. The van der Waals surface area contributed by atoms with Crippen LogP contribution in [0, 0.1) is 0 Å². The maximum atomic E-state index is 10.4. The predicted octanol–water partition coefficient (Wildman–Crippen LogP) is 1.37. The van der Waals surface area contributed by atoms with E-state index in [1.807, 2.05) is 0 Å². The van der Waals surface area contributed by atoms with Crippen molar-refractivity contribution >= 4 is 5.97 Å². The Morgan fingerprint density at radius 1 is 1.04 bits per heavy atom. The smallest absolute Gasteiger partial charge is 0.331 e. The fourth-order valence-electron chi connectivity index (χ4n) is 1.88. The molecule has 0 aliphatic carbocycles. The molecule has 0 saturated carbocycles. The average Bonchev–Trinajstić information content (AvgIpc) is 2.54. The van der Waals surface area contributed by atoms with Gasteiger partial charge in [0.15, 0.2) is 0 Å². The van der Waals surface area contributed by atoms with Gasteiger partial charge in [-0.3, -0.25) is 0 Å². The highest BCUT2D eigenvalue weighted by molar-refractivity contribution is 5.80. The van der Waals surface area contributed by atoms with Crippen LogP contribution >= 0.6 is 0 Å². The van der Waals surface area contributed by atoms with Crippen LogP contribution < -0.4 is 0 Å². The summed E-state index contributed by atoms with van der Waals surface area (Å²) in [7, 11) is 0. The molecule has 3 unspecified atom stereocenters. The maximum Gasteiger partial charge on any atom is 0.331 e. The first-order chi connectivity index (χ1) is 12.2. The van der Waals surface area contributed by atoms with Crippen molar-refractivity contribution in [1.82, 2.24) is 0 Å². The molecule has 7 heteroatoms. The second-order valence-corrected chi connectivity index (χ2v) is 5.95. The molecule has 0 aromatic heterocycles. The summed E-state index contributed by atoms with van der Waals surface area (Å²) < 4.78 is 0. The number of hydrogen-bond donors (Lipinski definition) is 6. The van der Waals surface area contributed by atoms with Gasteiger partial charge in [0.25, 0.3) is 0 Å². The van der Waals surface area contributed by atoms with Crippen molar-refractivity contribution in [3.05, 3.63) is 60.4 Å². The zero-order chi connectivity index (χ0) is 20.0. The molecule has 0 amide bonds. The van der Waals surface area contributed by atoms with E-state index in [1.54, 1.807) is 36.5 Å². The van der Waals surface area contributed by atoms with Gasteiger partial charge < -0.3 is 30.6 Å². The van der Waals surface area contributed by atoms with E-state index in [2.05, 4.69) is 0 Å². The summed E-state index contributed by atoms with van der Waals surface area (Å²) in [6.07, 6.45) is 11.4. The quantitative estimate of drug-likeness (QED) is 0.132. The molecule has 0 fully saturated rings. The van der Waals surface area contributed by atoms with E-state index in [-0.39, 0.29) is 25.9 Å². The molecule has 146 valence electrons. The Morgan fingerprint density at radius 3 is 2.31 bits per heavy atom. The molecular weight excluding hydrogens is 340 g/mol. The van der Waals surface area contributed by atoms with Gasteiger partial charge in [-0.25, -0.2) is 4.79 Å². The Morgan fingerprint density at radius 2 is 1.69 bits per heavy atom. The summed E-state index contributed by atoms with van der Waals surface area (Å²) in [6.45, 7) is 1.47. The summed E-state index contributed by atoms with van der Waals surface area (Å²) in [5.74, 6) is -1.79. The minimum Gasteiger partial charge on any atom is -0.512 e. The minimum atomic E-state index is -1.31. The van der Waals surface area contributed by atoms with Crippen LogP contribution in [0.2, 0.25) is 0 Å². The molecular formula is C19H28O7. The number of aliphatic carboxylic acids is 1. The van der Waals surface area contributed by atoms with Crippen LogP contribution in [0.4, 0.5) is 0 Å². The van der Waals surface area contributed by atoms with Crippen LogP contribution in [-0.2, 0) is 4.79 Å². The molecule has 26 heavy (non-hydrogen) atoms. The molecule has 0 aromatic rings. The van der Waals surface area contributed by atoms with Crippen molar-refractivity contribution in [2.75, 3.05) is 6.61 Å². The zero-order valence-electron chi connectivity index (χ0n) is 14.8. The Balaban J connectivity index is 4.38. The number of carboxylic acid groups (broad SMARTS) is 1. The third-order valence-electron chi connectivity index (χ3n) is 3.24. The van der Waals surface area contributed by atoms with Crippen LogP contribution in [0.1, 0.15) is 26.2 Å². The number of hydrogen-bond acceptors (Lipinski definition) is 6. The summed E-state index contributed by atoms with van der Waals surface area (Å²) in [5, 5.41) is 56.1. The first-order valence-corrected chi connectivity index (χ1v) is 8.17. The zero-order valence-corrected chi connectivity index (χ0v) is 14.8. The van der Waals surface area contributed by atoms with Gasteiger partial charge >= 0.3 is 5.97 Å². The van der Waals surface area contributed by atoms with E-state index in [0.29, 0.717) is 6.08 Å². The van der Waals surface area contributed by atoms with Crippen LogP contribution in [0.15, 0.2) is 60.4 Å². The summed E-state index contributed by atoms with van der Waals surface area (Å²) in [4.78, 5) is 10.4. The van der Waals surface area contributed by atoms with Crippen LogP contribution in [-0.4, -0.2) is 61.0 Å². The van der Waals surface area contributed by atoms with Crippen LogP contribution in [0.3, 0.4) is 0 Å². The highest BCUT2D eigenvalue weighted by Gasteiger charge is 2.18. The van der Waals surface area contributed by atoms with Gasteiger partial charge in [-0.1, -0.05) is 48.6 Å². The minimum absolute atomic E-state index is 0.0383. The Kier molecular flexibility index (Phi) is 12.0. The van der Waals surface area contributed by atoms with E-state index in [1.165, 1.54) is 19.1 Å². The van der Waals surface area contributed by atoms with Crippen molar-refractivity contribution in [3.8, 4) is 0 Å². The summed E-state index contributed by atoms with van der Waals surface area (Å²) in [5.41, 5.74) is -1.28. The lowest BCUT2D eigenvalue weighted by atomic mass is 9.96. The highest BCUT2D eigenvalue weighted by atomic mass is 16.4. The van der Waals surface area contributed by atoms with Crippen LogP contribution in [0.25, 0.3) is 0 Å². The largest absolute Gasteiger partial charge is 0.512 e. The molecule has 0 spiro atoms. The van der Waals surface area contributed by atoms with E-state index in [9.17, 15) is 25.2 Å². The third kappa shape index (κ3) is 14.2. The second kappa shape index (κ2) is 13.1. The van der Waals surface area contributed by atoms with E-state index in [0.717, 1.165) is 0 Å². The van der Waals surface area contributed by atoms with Gasteiger partial charge in [0.1, 0.15) is 5.76 Å². The Hall–Kier alpha value is -2.19. The van der Waals surface area contributed by atoms with Gasteiger partial charge in [-0.2, -0.15) is 0 Å². The first-order valence-electron chi connectivity index (χ1n) is 8.17. The lowest BCUT2D eigenvalue weighted by molar-refractivity contribution is -0.131. The van der Waals surface area contributed by atoms with Crippen molar-refractivity contribution in [2.24, 2.45) is 0 Å². The Bertz CT molecular complexity index is 556. The van der Waals surface area contributed by atoms with E-state index < -0.39 is 29.5 Å². The fraction of sp³-hybridized carbons (Fsp3) is 0.421. The molecule has 0 aliphatic rings. The third-order valence-corrected chi connectivity index (χ3v) is 3.24. The second-order valence-electron chi connectivity index (χ2n) is 5.95. The SMILES string of the molecule is CC(O)(C=CC(O)CC(O)=CC(=O)O)CCC(O)C=CC=CC=CCO. The molecule has 0 rings (SSSR count). The van der Waals surface area contributed by atoms with Gasteiger partial charge in [-0.05, 0) is 19.8 Å². The molecule has 0 radical (unpaired) electrons. The maximum absolute atomic E-state index is 10.4. The lowest BCUT2D eigenvalue weighted by Gasteiger charge is -2.20. The van der Waals surface area contributed by atoms with Gasteiger partial charge in [0.2, 0.25) is 0 Å². The van der Waals surface area contributed by atoms with Crippen molar-refractivity contribution in [1.29, 1.82) is 0 Å². The first kappa shape index (κ1) is 23.8. The van der Waals surface area contributed by atoms with Gasteiger partial charge in [0, 0.05) is 6.42 Å². The Labute approximate surface area is 153 Å². The van der Waals surface area contributed by atoms with Gasteiger partial charge in [-0.15, -0.1) is 0 Å². The molecule has 7 nitrogen and oxygen atoms in total. The van der Waals surface area contributed by atoms with E-state index >= 15 is 0 Å². The molecule has 0 heterocycles.